The summed E-state index contributed by atoms with van der Waals surface area (Å²) < 4.78 is 1.91. The van der Waals surface area contributed by atoms with E-state index < -0.39 is 0 Å². The number of aromatic nitrogens is 2. The van der Waals surface area contributed by atoms with Crippen molar-refractivity contribution in [2.75, 3.05) is 13.1 Å². The van der Waals surface area contributed by atoms with Gasteiger partial charge < -0.3 is 10.6 Å². The zero-order valence-corrected chi connectivity index (χ0v) is 17.2. The maximum absolute atomic E-state index is 12.1. The van der Waals surface area contributed by atoms with E-state index in [1.165, 1.54) is 18.4 Å². The molecule has 1 aliphatic carbocycles. The zero-order chi connectivity index (χ0) is 19.2. The summed E-state index contributed by atoms with van der Waals surface area (Å²) >= 11 is 0. The lowest BCUT2D eigenvalue weighted by Crippen LogP contribution is -2.34. The number of hydrogen-bond acceptors (Lipinski definition) is 3. The van der Waals surface area contributed by atoms with E-state index in [0.717, 1.165) is 35.7 Å². The molecule has 3 aromatic rings. The Morgan fingerprint density at radius 3 is 2.59 bits per heavy atom. The summed E-state index contributed by atoms with van der Waals surface area (Å²) in [6.45, 7) is 2.64. The molecule has 0 spiro atoms. The highest BCUT2D eigenvalue weighted by molar-refractivity contribution is 5.85. The van der Waals surface area contributed by atoms with E-state index in [0.29, 0.717) is 13.1 Å². The Hall–Kier alpha value is -2.63. The lowest BCUT2D eigenvalue weighted by atomic mass is 9.98. The molecule has 1 saturated carbocycles. The molecule has 5 nitrogen and oxygen atoms in total. The van der Waals surface area contributed by atoms with Gasteiger partial charge in [-0.1, -0.05) is 48.5 Å². The molecule has 0 radical (unpaired) electrons. The van der Waals surface area contributed by atoms with Crippen LogP contribution in [0.4, 0.5) is 0 Å². The van der Waals surface area contributed by atoms with Gasteiger partial charge in [-0.05, 0) is 53.6 Å². The van der Waals surface area contributed by atoms with Crippen molar-refractivity contribution in [1.82, 2.24) is 20.4 Å². The first-order chi connectivity index (χ1) is 13.8. The second kappa shape index (κ2) is 10.2. The number of nitrogens with zero attached hydrogens (tertiary/aromatic N) is 2. The summed E-state index contributed by atoms with van der Waals surface area (Å²) in [5.41, 5.74) is 4.64. The highest BCUT2D eigenvalue weighted by Gasteiger charge is 2.20. The first kappa shape index (κ1) is 21.1. The minimum absolute atomic E-state index is 0. The van der Waals surface area contributed by atoms with Crippen LogP contribution in [-0.4, -0.2) is 28.8 Å². The Labute approximate surface area is 177 Å². The van der Waals surface area contributed by atoms with E-state index >= 15 is 0 Å². The SMILES string of the molecule is Cl.O=C(CNCC1CC1)NCc1ccccc1-c1ccc(Cn2cccn2)cc1. The van der Waals surface area contributed by atoms with Crippen molar-refractivity contribution < 1.29 is 4.79 Å². The van der Waals surface area contributed by atoms with Crippen LogP contribution < -0.4 is 10.6 Å². The third-order valence-corrected chi connectivity index (χ3v) is 5.08. The number of carbonyl (C=O) groups excluding carboxylic acids is 1. The molecule has 2 aromatic carbocycles. The average Bonchev–Trinajstić information content (AvgIpc) is 3.41. The van der Waals surface area contributed by atoms with Crippen molar-refractivity contribution in [1.29, 1.82) is 0 Å². The number of carbonyl (C=O) groups is 1. The van der Waals surface area contributed by atoms with Crippen LogP contribution in [0.3, 0.4) is 0 Å². The Kier molecular flexibility index (Phi) is 7.44. The second-order valence-corrected chi connectivity index (χ2v) is 7.41. The van der Waals surface area contributed by atoms with Gasteiger partial charge in [-0.2, -0.15) is 5.10 Å². The first-order valence-electron chi connectivity index (χ1n) is 9.90. The molecule has 1 aliphatic rings. The van der Waals surface area contributed by atoms with Crippen LogP contribution in [0.2, 0.25) is 0 Å². The van der Waals surface area contributed by atoms with Crippen molar-refractivity contribution in [3.63, 3.8) is 0 Å². The summed E-state index contributed by atoms with van der Waals surface area (Å²) in [7, 11) is 0. The Morgan fingerprint density at radius 2 is 1.86 bits per heavy atom. The topological polar surface area (TPSA) is 59.0 Å². The smallest absolute Gasteiger partial charge is 0.234 e. The summed E-state index contributed by atoms with van der Waals surface area (Å²) in [6, 6.07) is 18.7. The van der Waals surface area contributed by atoms with Crippen molar-refractivity contribution in [2.45, 2.75) is 25.9 Å². The van der Waals surface area contributed by atoms with Gasteiger partial charge in [-0.25, -0.2) is 0 Å². The van der Waals surface area contributed by atoms with Crippen molar-refractivity contribution in [3.05, 3.63) is 78.1 Å². The molecule has 1 aromatic heterocycles. The van der Waals surface area contributed by atoms with Crippen LogP contribution in [-0.2, 0) is 17.9 Å². The quantitative estimate of drug-likeness (QED) is 0.566. The van der Waals surface area contributed by atoms with Crippen LogP contribution in [0.25, 0.3) is 11.1 Å². The molecule has 0 bridgehead atoms. The van der Waals surface area contributed by atoms with Crippen molar-refractivity contribution in [3.8, 4) is 11.1 Å². The Balaban J connectivity index is 0.00000240. The van der Waals surface area contributed by atoms with Crippen LogP contribution in [0.15, 0.2) is 67.0 Å². The zero-order valence-electron chi connectivity index (χ0n) is 16.4. The molecule has 1 heterocycles. The van der Waals surface area contributed by atoms with Gasteiger partial charge in [0.2, 0.25) is 5.91 Å². The number of benzene rings is 2. The highest BCUT2D eigenvalue weighted by atomic mass is 35.5. The number of nitrogens with one attached hydrogen (secondary N) is 2. The van der Waals surface area contributed by atoms with E-state index in [-0.39, 0.29) is 18.3 Å². The lowest BCUT2D eigenvalue weighted by molar-refractivity contribution is -0.120. The Bertz CT molecular complexity index is 905. The van der Waals surface area contributed by atoms with Crippen molar-refractivity contribution >= 4 is 18.3 Å². The fourth-order valence-corrected chi connectivity index (χ4v) is 3.29. The summed E-state index contributed by atoms with van der Waals surface area (Å²) in [4.78, 5) is 12.1. The molecular weight excluding hydrogens is 384 g/mol. The Morgan fingerprint density at radius 1 is 1.07 bits per heavy atom. The fourth-order valence-electron chi connectivity index (χ4n) is 3.29. The molecule has 0 unspecified atom stereocenters. The first-order valence-corrected chi connectivity index (χ1v) is 9.90. The summed E-state index contributed by atoms with van der Waals surface area (Å²) in [6.07, 6.45) is 6.34. The standard InChI is InChI=1S/C23H26N4O.ClH/c28-23(16-24-14-18-6-7-18)25-15-21-4-1-2-5-22(21)20-10-8-19(9-11-20)17-27-13-3-12-26-27;/h1-5,8-13,18,24H,6-7,14-17H2,(H,25,28);1H. The van der Waals surface area contributed by atoms with E-state index in [1.807, 2.05) is 29.1 Å². The lowest BCUT2D eigenvalue weighted by Gasteiger charge is -2.12. The minimum atomic E-state index is 0. The van der Waals surface area contributed by atoms with E-state index in [1.54, 1.807) is 6.20 Å². The molecule has 4 rings (SSSR count). The molecule has 1 fully saturated rings. The van der Waals surface area contributed by atoms with Crippen molar-refractivity contribution in [2.24, 2.45) is 5.92 Å². The molecule has 0 atom stereocenters. The number of rotatable bonds is 9. The minimum Gasteiger partial charge on any atom is -0.351 e. The molecular formula is C23H27ClN4O. The van der Waals surface area contributed by atoms with Gasteiger partial charge in [0.1, 0.15) is 0 Å². The summed E-state index contributed by atoms with van der Waals surface area (Å²) in [5.74, 6) is 0.829. The fraction of sp³-hybridized carbons (Fsp3) is 0.304. The number of amides is 1. The third-order valence-electron chi connectivity index (χ3n) is 5.08. The second-order valence-electron chi connectivity index (χ2n) is 7.41. The van der Waals surface area contributed by atoms with Crippen LogP contribution >= 0.6 is 12.4 Å². The average molecular weight is 411 g/mol. The molecule has 0 aliphatic heterocycles. The normalized spacial score (nSPS) is 13.0. The largest absolute Gasteiger partial charge is 0.351 e. The van der Waals surface area contributed by atoms with Crippen LogP contribution in [0.1, 0.15) is 24.0 Å². The van der Waals surface area contributed by atoms with Gasteiger partial charge >= 0.3 is 0 Å². The van der Waals surface area contributed by atoms with Gasteiger partial charge in [-0.3, -0.25) is 9.48 Å². The monoisotopic (exact) mass is 410 g/mol. The van der Waals surface area contributed by atoms with Crippen LogP contribution in [0.5, 0.6) is 0 Å². The highest BCUT2D eigenvalue weighted by Crippen LogP contribution is 2.27. The van der Waals surface area contributed by atoms with Gasteiger partial charge in [-0.15, -0.1) is 12.4 Å². The third kappa shape index (κ3) is 6.17. The van der Waals surface area contributed by atoms with Gasteiger partial charge in [0.15, 0.2) is 0 Å². The maximum atomic E-state index is 12.1. The van der Waals surface area contributed by atoms with E-state index in [2.05, 4.69) is 52.1 Å². The van der Waals surface area contributed by atoms with E-state index in [9.17, 15) is 4.79 Å². The molecule has 152 valence electrons. The number of hydrogen-bond donors (Lipinski definition) is 2. The molecule has 6 heteroatoms. The van der Waals surface area contributed by atoms with Gasteiger partial charge in [0.25, 0.3) is 0 Å². The van der Waals surface area contributed by atoms with Gasteiger partial charge in [0, 0.05) is 18.9 Å². The van der Waals surface area contributed by atoms with Gasteiger partial charge in [0.05, 0.1) is 13.1 Å². The van der Waals surface area contributed by atoms with E-state index in [4.69, 9.17) is 0 Å². The number of halogens is 1. The molecule has 0 saturated heterocycles. The maximum Gasteiger partial charge on any atom is 0.234 e. The predicted molar refractivity (Wildman–Crippen MR) is 118 cm³/mol. The molecule has 2 N–H and O–H groups in total. The molecule has 1 amide bonds. The molecule has 29 heavy (non-hydrogen) atoms. The predicted octanol–water partition coefficient (Wildman–Crippen LogP) is 3.64. The van der Waals surface area contributed by atoms with Crippen LogP contribution in [0, 0.1) is 5.92 Å². The summed E-state index contributed by atoms with van der Waals surface area (Å²) in [5, 5.41) is 10.5.